The zero-order valence-electron chi connectivity index (χ0n) is 17.5. The first-order valence-corrected chi connectivity index (χ1v) is 11.0. The van der Waals surface area contributed by atoms with Crippen LogP contribution in [0.5, 0.6) is 0 Å². The van der Waals surface area contributed by atoms with E-state index >= 15 is 0 Å². The second-order valence-electron chi connectivity index (χ2n) is 7.59. The number of nitrogens with zero attached hydrogens (tertiary/aromatic N) is 5. The summed E-state index contributed by atoms with van der Waals surface area (Å²) in [4.78, 5) is 17.4. The molecule has 0 bridgehead atoms. The molecule has 5 aromatic rings. The summed E-state index contributed by atoms with van der Waals surface area (Å²) in [5.74, 6) is -0.289. The molecule has 2 aromatic carbocycles. The average Bonchev–Trinajstić information content (AvgIpc) is 3.39. The lowest BCUT2D eigenvalue weighted by Gasteiger charge is -2.06. The molecular weight excluding hydrogens is 487 g/mol. The number of carbonyl (C=O) groups is 1. The van der Waals surface area contributed by atoms with Gasteiger partial charge in [-0.05, 0) is 46.6 Å². The van der Waals surface area contributed by atoms with E-state index in [1.807, 2.05) is 37.3 Å². The third kappa shape index (κ3) is 4.27. The summed E-state index contributed by atoms with van der Waals surface area (Å²) in [5.41, 5.74) is 4.65. The highest BCUT2D eigenvalue weighted by atomic mass is 79.9. The molecule has 0 radical (unpaired) electrons. The first-order chi connectivity index (χ1) is 16.0. The Morgan fingerprint density at radius 3 is 2.61 bits per heavy atom. The number of hydrogen-bond donors (Lipinski definition) is 1. The lowest BCUT2D eigenvalue weighted by Crippen LogP contribution is -2.13. The molecule has 0 saturated heterocycles. The van der Waals surface area contributed by atoms with Crippen molar-refractivity contribution in [1.29, 1.82) is 0 Å². The van der Waals surface area contributed by atoms with Crippen LogP contribution in [0.2, 0.25) is 0 Å². The molecule has 33 heavy (non-hydrogen) atoms. The minimum atomic E-state index is -0.369. The number of aromatic nitrogens is 5. The Kier molecular flexibility index (Phi) is 5.47. The Morgan fingerprint density at radius 2 is 1.85 bits per heavy atom. The van der Waals surface area contributed by atoms with Gasteiger partial charge in [-0.15, -0.1) is 0 Å². The van der Waals surface area contributed by atoms with Crippen molar-refractivity contribution in [3.63, 3.8) is 0 Å². The first kappa shape index (κ1) is 21.0. The Bertz CT molecular complexity index is 1460. The first-order valence-electron chi connectivity index (χ1n) is 10.2. The molecule has 0 aliphatic rings. The van der Waals surface area contributed by atoms with Crippen molar-refractivity contribution in [3.8, 4) is 11.3 Å². The fraction of sp³-hybridized carbons (Fsp3) is 0.0833. The quantitative estimate of drug-likeness (QED) is 0.361. The molecule has 1 amide bonds. The van der Waals surface area contributed by atoms with Crippen LogP contribution in [0.25, 0.3) is 16.9 Å². The van der Waals surface area contributed by atoms with E-state index in [0.29, 0.717) is 28.0 Å². The highest BCUT2D eigenvalue weighted by molar-refractivity contribution is 9.10. The molecule has 3 aromatic heterocycles. The Labute approximate surface area is 197 Å². The number of aryl methyl sites for hydroxylation is 1. The molecule has 0 fully saturated rings. The Balaban J connectivity index is 1.40. The van der Waals surface area contributed by atoms with Crippen molar-refractivity contribution < 1.29 is 9.18 Å². The second-order valence-corrected chi connectivity index (χ2v) is 8.45. The number of nitrogens with one attached hydrogen (secondary N) is 1. The normalized spacial score (nSPS) is 11.1. The van der Waals surface area contributed by atoms with Gasteiger partial charge in [0.15, 0.2) is 11.5 Å². The van der Waals surface area contributed by atoms with Gasteiger partial charge < -0.3 is 5.32 Å². The van der Waals surface area contributed by atoms with Gasteiger partial charge in [0, 0.05) is 18.0 Å². The van der Waals surface area contributed by atoms with E-state index in [2.05, 4.69) is 36.4 Å². The fourth-order valence-corrected chi connectivity index (χ4v) is 3.92. The maximum Gasteiger partial charge on any atom is 0.262 e. The number of amides is 1. The summed E-state index contributed by atoms with van der Waals surface area (Å²) in [7, 11) is 0. The number of benzene rings is 2. The van der Waals surface area contributed by atoms with Gasteiger partial charge in [0.05, 0.1) is 22.9 Å². The monoisotopic (exact) mass is 504 g/mol. The summed E-state index contributed by atoms with van der Waals surface area (Å²) in [6.07, 6.45) is 4.91. The van der Waals surface area contributed by atoms with Gasteiger partial charge in [-0.25, -0.2) is 13.9 Å². The number of anilines is 1. The van der Waals surface area contributed by atoms with Crippen LogP contribution in [-0.2, 0) is 6.54 Å². The predicted octanol–water partition coefficient (Wildman–Crippen LogP) is 5.10. The van der Waals surface area contributed by atoms with Crippen LogP contribution in [0.3, 0.4) is 0 Å². The summed E-state index contributed by atoms with van der Waals surface area (Å²) >= 11 is 3.44. The largest absolute Gasteiger partial charge is 0.304 e. The average molecular weight is 505 g/mol. The maximum atomic E-state index is 13.1. The number of carbonyl (C=O) groups excluding carboxylic acids is 1. The molecule has 0 saturated carbocycles. The molecule has 9 heteroatoms. The van der Waals surface area contributed by atoms with Crippen LogP contribution in [0.1, 0.15) is 21.5 Å². The Hall–Kier alpha value is -3.85. The van der Waals surface area contributed by atoms with E-state index in [4.69, 9.17) is 0 Å². The molecule has 5 rings (SSSR count). The van der Waals surface area contributed by atoms with Gasteiger partial charge in [-0.2, -0.15) is 10.2 Å². The van der Waals surface area contributed by atoms with Crippen LogP contribution < -0.4 is 5.32 Å². The SMILES string of the molecule is Cc1ccc(-c2ccnc3c(C(=O)Nc4nn(Cc5ccc(F)cc5)cc4Br)cnn23)cc1. The van der Waals surface area contributed by atoms with Crippen LogP contribution in [-0.4, -0.2) is 30.3 Å². The molecule has 164 valence electrons. The number of rotatable bonds is 5. The van der Waals surface area contributed by atoms with Gasteiger partial charge in [0.2, 0.25) is 0 Å². The minimum Gasteiger partial charge on any atom is -0.304 e. The molecule has 3 heterocycles. The summed E-state index contributed by atoms with van der Waals surface area (Å²) in [6, 6.07) is 16.1. The van der Waals surface area contributed by atoms with Crippen LogP contribution in [0.15, 0.2) is 77.7 Å². The van der Waals surface area contributed by atoms with E-state index < -0.39 is 0 Å². The minimum absolute atomic E-state index is 0.291. The zero-order chi connectivity index (χ0) is 22.9. The summed E-state index contributed by atoms with van der Waals surface area (Å²) in [5, 5.41) is 11.6. The van der Waals surface area contributed by atoms with E-state index in [1.165, 1.54) is 18.3 Å². The molecule has 0 aliphatic carbocycles. The summed E-state index contributed by atoms with van der Waals surface area (Å²) < 4.78 is 17.1. The lowest BCUT2D eigenvalue weighted by molar-refractivity contribution is 0.102. The number of hydrogen-bond acceptors (Lipinski definition) is 4. The van der Waals surface area contributed by atoms with Crippen molar-refractivity contribution in [2.24, 2.45) is 0 Å². The lowest BCUT2D eigenvalue weighted by atomic mass is 10.1. The van der Waals surface area contributed by atoms with Gasteiger partial charge >= 0.3 is 0 Å². The predicted molar refractivity (Wildman–Crippen MR) is 127 cm³/mol. The molecule has 1 N–H and O–H groups in total. The molecule has 7 nitrogen and oxygen atoms in total. The standard InChI is InChI=1S/C24H18BrFN6O/c1-15-2-6-17(7-3-15)21-10-11-27-23-19(12-28-32(21)23)24(33)29-22-20(25)14-31(30-22)13-16-4-8-18(26)9-5-16/h2-12,14H,13H2,1H3,(H,29,30,33). The third-order valence-corrected chi connectivity index (χ3v) is 5.78. The highest BCUT2D eigenvalue weighted by Crippen LogP contribution is 2.24. The topological polar surface area (TPSA) is 77.1 Å². The fourth-order valence-electron chi connectivity index (χ4n) is 3.51. The molecule has 0 atom stereocenters. The van der Waals surface area contributed by atoms with Crippen LogP contribution in [0, 0.1) is 12.7 Å². The zero-order valence-corrected chi connectivity index (χ0v) is 19.1. The van der Waals surface area contributed by atoms with E-state index in [0.717, 1.165) is 22.4 Å². The van der Waals surface area contributed by atoms with Crippen LogP contribution in [0.4, 0.5) is 10.2 Å². The number of fused-ring (bicyclic) bond motifs is 1. The second kappa shape index (κ2) is 8.59. The summed E-state index contributed by atoms with van der Waals surface area (Å²) in [6.45, 7) is 2.47. The molecule has 0 unspecified atom stereocenters. The molecule has 0 aliphatic heterocycles. The van der Waals surface area contributed by atoms with Crippen LogP contribution >= 0.6 is 15.9 Å². The van der Waals surface area contributed by atoms with Crippen molar-refractivity contribution in [1.82, 2.24) is 24.4 Å². The maximum absolute atomic E-state index is 13.1. The van der Waals surface area contributed by atoms with E-state index in [-0.39, 0.29) is 11.7 Å². The Morgan fingerprint density at radius 1 is 1.09 bits per heavy atom. The van der Waals surface area contributed by atoms with E-state index in [9.17, 15) is 9.18 Å². The van der Waals surface area contributed by atoms with Crippen molar-refractivity contribution in [2.75, 3.05) is 5.32 Å². The van der Waals surface area contributed by atoms with Gasteiger partial charge in [0.25, 0.3) is 5.91 Å². The smallest absolute Gasteiger partial charge is 0.262 e. The van der Waals surface area contributed by atoms with E-state index in [1.54, 1.807) is 33.7 Å². The highest BCUT2D eigenvalue weighted by Gasteiger charge is 2.19. The number of halogens is 2. The van der Waals surface area contributed by atoms with Gasteiger partial charge in [-0.1, -0.05) is 42.0 Å². The molecule has 0 spiro atoms. The van der Waals surface area contributed by atoms with Gasteiger partial charge in [-0.3, -0.25) is 9.48 Å². The van der Waals surface area contributed by atoms with Crippen molar-refractivity contribution in [3.05, 3.63) is 100 Å². The van der Waals surface area contributed by atoms with Gasteiger partial charge in [0.1, 0.15) is 11.4 Å². The third-order valence-electron chi connectivity index (χ3n) is 5.20. The van der Waals surface area contributed by atoms with Crippen molar-refractivity contribution in [2.45, 2.75) is 13.5 Å². The molecular formula is C24H18BrFN6O. The van der Waals surface area contributed by atoms with Crippen molar-refractivity contribution >= 4 is 33.3 Å².